The summed E-state index contributed by atoms with van der Waals surface area (Å²) in [6.45, 7) is 3.33. The minimum absolute atomic E-state index is 0.0441. The topological polar surface area (TPSA) is 178 Å². The molecule has 0 spiro atoms. The van der Waals surface area contributed by atoms with E-state index in [1.54, 1.807) is 19.1 Å². The molecule has 0 saturated carbocycles. The van der Waals surface area contributed by atoms with Gasteiger partial charge in [0.25, 0.3) is 11.8 Å². The van der Waals surface area contributed by atoms with E-state index >= 15 is 0 Å². The fraction of sp³-hybridized carbons (Fsp3) is 0.240. The number of amides is 3. The van der Waals surface area contributed by atoms with Crippen LogP contribution in [0.4, 0.5) is 11.4 Å². The number of aryl methyl sites for hydroxylation is 1. The van der Waals surface area contributed by atoms with Crippen molar-refractivity contribution >= 4 is 46.6 Å². The van der Waals surface area contributed by atoms with Crippen LogP contribution in [0, 0.1) is 0 Å². The number of nitrogens with one attached hydrogen (secondary N) is 1. The molecule has 11 nitrogen and oxygen atoms in total. The molecule has 0 saturated heterocycles. The van der Waals surface area contributed by atoms with Crippen LogP contribution in [0.3, 0.4) is 0 Å². The van der Waals surface area contributed by atoms with Crippen molar-refractivity contribution < 1.29 is 29.0 Å². The van der Waals surface area contributed by atoms with Crippen molar-refractivity contribution in [2.45, 2.75) is 26.3 Å². The number of nitrogens with zero attached hydrogens (tertiary/aromatic N) is 2. The summed E-state index contributed by atoms with van der Waals surface area (Å²) in [6, 6.07) is 11.4. The highest BCUT2D eigenvalue weighted by molar-refractivity contribution is 7.09. The van der Waals surface area contributed by atoms with E-state index in [-0.39, 0.29) is 28.6 Å². The lowest BCUT2D eigenvalue weighted by Crippen LogP contribution is -2.45. The molecule has 3 rings (SSSR count). The minimum Gasteiger partial charge on any atom is -0.508 e. The molecule has 1 heterocycles. The number of hydrogen-bond acceptors (Lipinski definition) is 9. The monoisotopic (exact) mass is 525 g/mol. The Bertz CT molecular complexity index is 1290. The standard InChI is InChI=1S/C25H27N5O6S/c1-3-14-5-9-16(10-6-14)30(25(35)22-19(26)20(23(27)33)29-37-22)21(15-7-11-17(31)12-8-15)24(34)28-13-18(32)36-4-2/h5-12,21,31H,3-4,13,26H2,1-2H3,(H2,27,33)(H,28,34)/t21-/m0/s1. The quantitative estimate of drug-likeness (QED) is 0.291. The molecule has 3 aromatic rings. The van der Waals surface area contributed by atoms with Crippen molar-refractivity contribution in [3.8, 4) is 5.75 Å². The van der Waals surface area contributed by atoms with Gasteiger partial charge in [0, 0.05) is 5.69 Å². The maximum absolute atomic E-state index is 13.9. The zero-order chi connectivity index (χ0) is 27.1. The van der Waals surface area contributed by atoms with Crippen molar-refractivity contribution in [3.63, 3.8) is 0 Å². The van der Waals surface area contributed by atoms with E-state index in [1.807, 2.05) is 19.1 Å². The van der Waals surface area contributed by atoms with Crippen molar-refractivity contribution in [2.24, 2.45) is 5.73 Å². The Balaban J connectivity index is 2.15. The molecule has 0 bridgehead atoms. The highest BCUT2D eigenvalue weighted by Crippen LogP contribution is 2.33. The maximum Gasteiger partial charge on any atom is 0.325 e. The second-order valence-electron chi connectivity index (χ2n) is 7.85. The summed E-state index contributed by atoms with van der Waals surface area (Å²) in [5, 5.41) is 12.3. The van der Waals surface area contributed by atoms with E-state index in [9.17, 15) is 24.3 Å². The van der Waals surface area contributed by atoms with Gasteiger partial charge in [0.15, 0.2) is 5.69 Å². The molecule has 12 heteroatoms. The van der Waals surface area contributed by atoms with Crippen molar-refractivity contribution in [3.05, 3.63) is 70.2 Å². The lowest BCUT2D eigenvalue weighted by molar-refractivity contribution is -0.143. The van der Waals surface area contributed by atoms with E-state index in [4.69, 9.17) is 16.2 Å². The average molecular weight is 526 g/mol. The van der Waals surface area contributed by atoms with Crippen LogP contribution in [0.2, 0.25) is 0 Å². The normalized spacial score (nSPS) is 11.4. The molecule has 0 fully saturated rings. The number of phenols is 1. The van der Waals surface area contributed by atoms with Gasteiger partial charge in [0.1, 0.15) is 23.2 Å². The molecule has 37 heavy (non-hydrogen) atoms. The molecule has 0 unspecified atom stereocenters. The van der Waals surface area contributed by atoms with Gasteiger partial charge >= 0.3 is 5.97 Å². The molecule has 3 amide bonds. The van der Waals surface area contributed by atoms with Gasteiger partial charge in [0.2, 0.25) is 5.91 Å². The van der Waals surface area contributed by atoms with Crippen LogP contribution in [0.15, 0.2) is 48.5 Å². The van der Waals surface area contributed by atoms with Crippen molar-refractivity contribution in [2.75, 3.05) is 23.8 Å². The summed E-state index contributed by atoms with van der Waals surface area (Å²) in [5.74, 6) is -2.99. The molecule has 0 radical (unpaired) electrons. The molecule has 194 valence electrons. The number of aromatic nitrogens is 1. The summed E-state index contributed by atoms with van der Waals surface area (Å²) < 4.78 is 8.80. The lowest BCUT2D eigenvalue weighted by Gasteiger charge is -2.31. The van der Waals surface area contributed by atoms with Gasteiger partial charge in [-0.1, -0.05) is 31.2 Å². The first-order valence-corrected chi connectivity index (χ1v) is 12.1. The number of nitrogens with two attached hydrogens (primary N) is 2. The molecule has 0 aliphatic carbocycles. The first-order valence-electron chi connectivity index (χ1n) is 11.4. The first-order chi connectivity index (χ1) is 17.7. The third-order valence-electron chi connectivity index (χ3n) is 5.42. The summed E-state index contributed by atoms with van der Waals surface area (Å²) in [4.78, 5) is 52.2. The van der Waals surface area contributed by atoms with Crippen molar-refractivity contribution in [1.29, 1.82) is 0 Å². The van der Waals surface area contributed by atoms with E-state index in [1.165, 1.54) is 29.2 Å². The largest absolute Gasteiger partial charge is 0.508 e. The van der Waals surface area contributed by atoms with Gasteiger partial charge in [-0.15, -0.1) is 0 Å². The Kier molecular flexibility index (Phi) is 8.80. The van der Waals surface area contributed by atoms with E-state index in [2.05, 4.69) is 9.69 Å². The fourth-order valence-electron chi connectivity index (χ4n) is 3.56. The fourth-order valence-corrected chi connectivity index (χ4v) is 4.30. The molecule has 1 atom stereocenters. The number of aromatic hydroxyl groups is 1. The van der Waals surface area contributed by atoms with E-state index < -0.39 is 36.3 Å². The minimum atomic E-state index is -1.30. The van der Waals surface area contributed by atoms with Gasteiger partial charge in [-0.2, -0.15) is 4.37 Å². The molecular weight excluding hydrogens is 498 g/mol. The lowest BCUT2D eigenvalue weighted by atomic mass is 10.0. The molecular formula is C25H27N5O6S. The van der Waals surface area contributed by atoms with Crippen LogP contribution >= 0.6 is 11.5 Å². The second kappa shape index (κ2) is 12.0. The zero-order valence-corrected chi connectivity index (χ0v) is 21.1. The van der Waals surface area contributed by atoms with Crippen LogP contribution < -0.4 is 21.7 Å². The van der Waals surface area contributed by atoms with Gasteiger partial charge in [-0.25, -0.2) is 0 Å². The number of primary amides is 1. The van der Waals surface area contributed by atoms with E-state index in [0.717, 1.165) is 12.0 Å². The molecule has 6 N–H and O–H groups in total. The Morgan fingerprint density at radius 1 is 1.08 bits per heavy atom. The summed E-state index contributed by atoms with van der Waals surface area (Å²) in [5.41, 5.74) is 12.6. The first kappa shape index (κ1) is 27.1. The number of hydrogen-bond donors (Lipinski definition) is 4. The third-order valence-corrected chi connectivity index (χ3v) is 6.28. The number of phenolic OH excluding ortho intramolecular Hbond substituents is 1. The Hall–Kier alpha value is -4.45. The highest BCUT2D eigenvalue weighted by Gasteiger charge is 2.36. The highest BCUT2D eigenvalue weighted by atomic mass is 32.1. The average Bonchev–Trinajstić information content (AvgIpc) is 3.28. The SMILES string of the molecule is CCOC(=O)CNC(=O)[C@H](c1ccc(O)cc1)N(C(=O)c1snc(C(N)=O)c1N)c1ccc(CC)cc1. The number of rotatable bonds is 10. The smallest absolute Gasteiger partial charge is 0.325 e. The van der Waals surface area contributed by atoms with Crippen LogP contribution in [0.5, 0.6) is 5.75 Å². The van der Waals surface area contributed by atoms with Crippen LogP contribution in [0.25, 0.3) is 0 Å². The summed E-state index contributed by atoms with van der Waals surface area (Å²) >= 11 is 0.682. The number of nitrogen functional groups attached to an aromatic ring is 1. The van der Waals surface area contributed by atoms with Gasteiger partial charge in [-0.3, -0.25) is 24.1 Å². The van der Waals surface area contributed by atoms with Gasteiger partial charge < -0.3 is 26.6 Å². The molecule has 0 aliphatic rings. The summed E-state index contributed by atoms with van der Waals surface area (Å²) in [7, 11) is 0. The van der Waals surface area contributed by atoms with Crippen molar-refractivity contribution in [1.82, 2.24) is 9.69 Å². The zero-order valence-electron chi connectivity index (χ0n) is 20.3. The summed E-state index contributed by atoms with van der Waals surface area (Å²) in [6.07, 6.45) is 0.749. The molecule has 2 aromatic carbocycles. The number of ether oxygens (including phenoxy) is 1. The maximum atomic E-state index is 13.9. The van der Waals surface area contributed by atoms with Crippen LogP contribution in [0.1, 0.15) is 51.2 Å². The Labute approximate surface area is 217 Å². The number of anilines is 2. The predicted octanol–water partition coefficient (Wildman–Crippen LogP) is 2.16. The van der Waals surface area contributed by atoms with Crippen LogP contribution in [-0.4, -0.2) is 46.3 Å². The van der Waals surface area contributed by atoms with Crippen LogP contribution in [-0.2, 0) is 20.7 Å². The Morgan fingerprint density at radius 2 is 1.73 bits per heavy atom. The second-order valence-corrected chi connectivity index (χ2v) is 8.62. The molecule has 0 aliphatic heterocycles. The number of carbonyl (C=O) groups is 4. The van der Waals surface area contributed by atoms with Gasteiger partial charge in [-0.05, 0) is 60.3 Å². The van der Waals surface area contributed by atoms with E-state index in [0.29, 0.717) is 22.8 Å². The number of esters is 1. The predicted molar refractivity (Wildman–Crippen MR) is 138 cm³/mol. The number of benzene rings is 2. The Morgan fingerprint density at radius 3 is 2.27 bits per heavy atom. The van der Waals surface area contributed by atoms with Gasteiger partial charge in [0.05, 0.1) is 12.3 Å². The number of carbonyl (C=O) groups excluding carboxylic acids is 4. The molecule has 1 aromatic heterocycles. The third kappa shape index (κ3) is 6.22.